The molecule has 0 radical (unpaired) electrons. The molecule has 2 aromatic rings. The zero-order valence-corrected chi connectivity index (χ0v) is 20.3. The van der Waals surface area contributed by atoms with Gasteiger partial charge in [0.2, 0.25) is 0 Å². The van der Waals surface area contributed by atoms with Gasteiger partial charge in [0.15, 0.2) is 5.78 Å². The number of ketones is 1. The lowest BCUT2D eigenvalue weighted by Gasteiger charge is -2.36. The molecule has 3 unspecified atom stereocenters. The smallest absolute Gasteiger partial charge is 0.336 e. The van der Waals surface area contributed by atoms with E-state index in [9.17, 15) is 9.59 Å². The highest BCUT2D eigenvalue weighted by Crippen LogP contribution is 2.47. The molecule has 3 heterocycles. The predicted molar refractivity (Wildman–Crippen MR) is 130 cm³/mol. The van der Waals surface area contributed by atoms with Gasteiger partial charge in [-0.1, -0.05) is 24.3 Å². The lowest BCUT2D eigenvalue weighted by molar-refractivity contribution is -0.142. The molecule has 3 aliphatic rings. The molecule has 5 rings (SSSR count). The number of thiophene rings is 1. The third-order valence-electron chi connectivity index (χ3n) is 6.88. The maximum Gasteiger partial charge on any atom is 0.336 e. The summed E-state index contributed by atoms with van der Waals surface area (Å²) in [6, 6.07) is 11.8. The van der Waals surface area contributed by atoms with Crippen LogP contribution in [0.2, 0.25) is 0 Å². The largest absolute Gasteiger partial charge is 0.496 e. The van der Waals surface area contributed by atoms with Gasteiger partial charge < -0.3 is 19.5 Å². The summed E-state index contributed by atoms with van der Waals surface area (Å²) in [5, 5.41) is 5.39. The Morgan fingerprint density at radius 1 is 1.21 bits per heavy atom. The van der Waals surface area contributed by atoms with Gasteiger partial charge in [-0.2, -0.15) is 0 Å². The van der Waals surface area contributed by atoms with Gasteiger partial charge >= 0.3 is 5.97 Å². The van der Waals surface area contributed by atoms with Gasteiger partial charge in [0.05, 0.1) is 24.7 Å². The Morgan fingerprint density at radius 2 is 2.06 bits per heavy atom. The monoisotopic (exact) mass is 479 g/mol. The van der Waals surface area contributed by atoms with Crippen LogP contribution in [0.25, 0.3) is 0 Å². The normalized spacial score (nSPS) is 24.6. The Kier molecular flexibility index (Phi) is 6.57. The second-order valence-corrected chi connectivity index (χ2v) is 9.99. The van der Waals surface area contributed by atoms with Crippen LogP contribution in [0.5, 0.6) is 5.75 Å². The van der Waals surface area contributed by atoms with Crippen molar-refractivity contribution in [1.82, 2.24) is 5.32 Å². The van der Waals surface area contributed by atoms with Gasteiger partial charge in [-0.25, -0.2) is 4.79 Å². The molecule has 6 nitrogen and oxygen atoms in total. The van der Waals surface area contributed by atoms with Crippen LogP contribution in [0, 0.1) is 0 Å². The minimum atomic E-state index is -0.417. The average Bonchev–Trinajstić information content (AvgIpc) is 3.56. The molecule has 0 bridgehead atoms. The Labute approximate surface area is 203 Å². The number of esters is 1. The van der Waals surface area contributed by atoms with Crippen LogP contribution < -0.4 is 10.1 Å². The molecule has 0 amide bonds. The first-order valence-corrected chi connectivity index (χ1v) is 12.6. The minimum Gasteiger partial charge on any atom is -0.496 e. The van der Waals surface area contributed by atoms with Crippen molar-refractivity contribution in [2.45, 2.75) is 50.5 Å². The third kappa shape index (κ3) is 4.30. The molecule has 1 fully saturated rings. The van der Waals surface area contributed by atoms with E-state index in [2.05, 4.69) is 5.32 Å². The number of para-hydroxylation sites is 1. The number of benzene rings is 1. The van der Waals surface area contributed by atoms with Gasteiger partial charge in [0.1, 0.15) is 12.4 Å². The first-order valence-electron chi connectivity index (χ1n) is 11.8. The van der Waals surface area contributed by atoms with Crippen molar-refractivity contribution in [2.75, 3.05) is 20.3 Å². The number of hydrogen-bond donors (Lipinski definition) is 1. The number of Topliss-reactive ketones (excluding diaryl/α,β-unsaturated/α-hetero) is 1. The summed E-state index contributed by atoms with van der Waals surface area (Å²) in [5.74, 6) is 0.0600. The van der Waals surface area contributed by atoms with Crippen molar-refractivity contribution in [3.63, 3.8) is 0 Å². The van der Waals surface area contributed by atoms with E-state index >= 15 is 0 Å². The van der Waals surface area contributed by atoms with E-state index in [1.807, 2.05) is 48.7 Å². The topological polar surface area (TPSA) is 73.9 Å². The van der Waals surface area contributed by atoms with Crippen LogP contribution in [0.1, 0.15) is 54.9 Å². The first kappa shape index (κ1) is 22.9. The molecule has 0 spiro atoms. The van der Waals surface area contributed by atoms with Gasteiger partial charge in [-0.15, -0.1) is 11.3 Å². The van der Waals surface area contributed by atoms with Crippen LogP contribution in [-0.4, -0.2) is 38.2 Å². The zero-order valence-electron chi connectivity index (χ0n) is 19.5. The van der Waals surface area contributed by atoms with Crippen molar-refractivity contribution in [3.05, 3.63) is 74.8 Å². The lowest BCUT2D eigenvalue weighted by Crippen LogP contribution is -2.36. The third-order valence-corrected chi connectivity index (χ3v) is 7.82. The number of allylic oxidation sites excluding steroid dienone is 3. The SMILES string of the molecule is COc1ccccc1C1CC(=O)C2=C(C1)NC(C)=C(C(=O)OCC1CCCO1)C2c1cccs1. The van der Waals surface area contributed by atoms with Crippen molar-refractivity contribution in [3.8, 4) is 5.75 Å². The molecule has 1 aromatic carbocycles. The van der Waals surface area contributed by atoms with Gasteiger partial charge in [0.25, 0.3) is 0 Å². The number of methoxy groups -OCH3 is 1. The summed E-state index contributed by atoms with van der Waals surface area (Å²) in [5.41, 5.74) is 3.86. The molecule has 7 heteroatoms. The number of carbonyl (C=O) groups excluding carboxylic acids is 2. The summed E-state index contributed by atoms with van der Waals surface area (Å²) >= 11 is 1.56. The molecular formula is C27H29NO5S. The number of hydrogen-bond acceptors (Lipinski definition) is 7. The zero-order chi connectivity index (χ0) is 23.7. The molecule has 0 saturated carbocycles. The van der Waals surface area contributed by atoms with Crippen LogP contribution in [0.3, 0.4) is 0 Å². The van der Waals surface area contributed by atoms with Crippen molar-refractivity contribution in [1.29, 1.82) is 0 Å². The van der Waals surface area contributed by atoms with Gasteiger partial charge in [0, 0.05) is 40.8 Å². The second-order valence-electron chi connectivity index (χ2n) is 9.01. The van der Waals surface area contributed by atoms with E-state index in [0.29, 0.717) is 30.6 Å². The molecule has 34 heavy (non-hydrogen) atoms. The number of dihydropyridines is 1. The van der Waals surface area contributed by atoms with Gasteiger partial charge in [-0.3, -0.25) is 4.79 Å². The quantitative estimate of drug-likeness (QED) is 0.598. The van der Waals surface area contributed by atoms with E-state index in [0.717, 1.165) is 40.4 Å². The fraction of sp³-hybridized carbons (Fsp3) is 0.407. The Balaban J connectivity index is 1.47. The van der Waals surface area contributed by atoms with E-state index in [-0.39, 0.29) is 30.4 Å². The highest BCUT2D eigenvalue weighted by Gasteiger charge is 2.42. The predicted octanol–water partition coefficient (Wildman–Crippen LogP) is 4.84. The van der Waals surface area contributed by atoms with Crippen LogP contribution >= 0.6 is 11.3 Å². The fourth-order valence-electron chi connectivity index (χ4n) is 5.30. The maximum absolute atomic E-state index is 13.6. The summed E-state index contributed by atoms with van der Waals surface area (Å²) in [4.78, 5) is 27.9. The first-order chi connectivity index (χ1) is 16.6. The van der Waals surface area contributed by atoms with Gasteiger partial charge in [-0.05, 0) is 49.3 Å². The van der Waals surface area contributed by atoms with E-state index in [1.165, 1.54) is 0 Å². The number of ether oxygens (including phenoxy) is 3. The molecule has 1 aromatic heterocycles. The van der Waals surface area contributed by atoms with Crippen molar-refractivity contribution < 1.29 is 23.8 Å². The Bertz CT molecular complexity index is 1140. The highest BCUT2D eigenvalue weighted by atomic mass is 32.1. The summed E-state index contributed by atoms with van der Waals surface area (Å²) in [6.07, 6.45) is 2.89. The van der Waals surface area contributed by atoms with Crippen molar-refractivity contribution >= 4 is 23.1 Å². The number of carbonyl (C=O) groups is 2. The summed E-state index contributed by atoms with van der Waals surface area (Å²) in [6.45, 7) is 2.84. The Morgan fingerprint density at radius 3 is 2.79 bits per heavy atom. The average molecular weight is 480 g/mol. The second kappa shape index (κ2) is 9.76. The summed E-state index contributed by atoms with van der Waals surface area (Å²) < 4.78 is 16.9. The van der Waals surface area contributed by atoms with Crippen molar-refractivity contribution in [2.24, 2.45) is 0 Å². The summed E-state index contributed by atoms with van der Waals surface area (Å²) in [7, 11) is 1.65. The fourth-order valence-corrected chi connectivity index (χ4v) is 6.14. The lowest BCUT2D eigenvalue weighted by atomic mass is 9.73. The van der Waals surface area contributed by atoms with E-state index < -0.39 is 5.92 Å². The van der Waals surface area contributed by atoms with E-state index in [1.54, 1.807) is 18.4 Å². The van der Waals surface area contributed by atoms with Crippen LogP contribution in [0.15, 0.2) is 64.3 Å². The standard InChI is InChI=1S/C27H29NO5S/c1-16-24(27(30)33-15-18-7-5-11-32-18)26(23-10-6-12-34-23)25-20(28-16)13-17(14-21(25)29)19-8-3-4-9-22(19)31-2/h3-4,6,8-10,12,17-18,26,28H,5,7,11,13-15H2,1-2H3. The molecule has 1 N–H and O–H groups in total. The van der Waals surface area contributed by atoms with Crippen LogP contribution in [-0.2, 0) is 19.1 Å². The molecular weight excluding hydrogens is 450 g/mol. The molecule has 1 aliphatic carbocycles. The van der Waals surface area contributed by atoms with Crippen LogP contribution in [0.4, 0.5) is 0 Å². The molecule has 178 valence electrons. The number of rotatable bonds is 6. The minimum absolute atomic E-state index is 0.0136. The van der Waals surface area contributed by atoms with E-state index in [4.69, 9.17) is 14.2 Å². The highest BCUT2D eigenvalue weighted by molar-refractivity contribution is 7.10. The maximum atomic E-state index is 13.6. The molecule has 3 atom stereocenters. The number of nitrogens with one attached hydrogen (secondary N) is 1. The Hall–Kier alpha value is -2.90. The molecule has 1 saturated heterocycles. The molecule has 2 aliphatic heterocycles.